The highest BCUT2D eigenvalue weighted by atomic mass is 16.5. The number of hydrogen-bond acceptors (Lipinski definition) is 4. The summed E-state index contributed by atoms with van der Waals surface area (Å²) < 4.78 is 7.70. The van der Waals surface area contributed by atoms with Crippen LogP contribution >= 0.6 is 0 Å². The number of para-hydroxylation sites is 1. The molecule has 0 fully saturated rings. The van der Waals surface area contributed by atoms with Crippen molar-refractivity contribution < 1.29 is 9.53 Å². The van der Waals surface area contributed by atoms with E-state index in [2.05, 4.69) is 15.4 Å². The average Bonchev–Trinajstić information content (AvgIpc) is 3.10. The Kier molecular flexibility index (Phi) is 5.48. The predicted molar refractivity (Wildman–Crippen MR) is 117 cm³/mol. The molecule has 0 bridgehead atoms. The molecule has 0 saturated carbocycles. The van der Waals surface area contributed by atoms with Crippen molar-refractivity contribution in [2.75, 3.05) is 0 Å². The number of pyridine rings is 1. The molecule has 152 valence electrons. The summed E-state index contributed by atoms with van der Waals surface area (Å²) in [7, 11) is 0. The Balaban J connectivity index is 1.56. The number of carbonyl (C=O) groups is 1. The summed E-state index contributed by atoms with van der Waals surface area (Å²) in [6.45, 7) is 6.15. The fourth-order valence-electron chi connectivity index (χ4n) is 3.45. The molecule has 0 radical (unpaired) electrons. The Bertz CT molecular complexity index is 1170. The van der Waals surface area contributed by atoms with E-state index in [1.807, 2.05) is 85.3 Å². The van der Waals surface area contributed by atoms with Crippen molar-refractivity contribution in [3.63, 3.8) is 0 Å². The maximum Gasteiger partial charge on any atom is 0.261 e. The van der Waals surface area contributed by atoms with E-state index in [4.69, 9.17) is 4.74 Å². The normalized spacial score (nSPS) is 12.0. The summed E-state index contributed by atoms with van der Waals surface area (Å²) in [5.74, 6) is 0.214. The molecule has 0 aliphatic carbocycles. The minimum absolute atomic E-state index is 0.189. The second kappa shape index (κ2) is 8.37. The molecule has 1 atom stereocenters. The summed E-state index contributed by atoms with van der Waals surface area (Å²) in [6.07, 6.45) is -0.674. The van der Waals surface area contributed by atoms with Crippen LogP contribution in [0.25, 0.3) is 16.7 Å². The molecule has 2 aromatic carbocycles. The lowest BCUT2D eigenvalue weighted by Crippen LogP contribution is -2.36. The van der Waals surface area contributed by atoms with Crippen LogP contribution in [0, 0.1) is 13.8 Å². The summed E-state index contributed by atoms with van der Waals surface area (Å²) in [6, 6.07) is 21.5. The molecule has 1 N–H and O–H groups in total. The number of fused-ring (bicyclic) bond motifs is 1. The van der Waals surface area contributed by atoms with Crippen molar-refractivity contribution in [1.82, 2.24) is 20.1 Å². The van der Waals surface area contributed by atoms with Gasteiger partial charge >= 0.3 is 0 Å². The number of nitrogens with zero attached hydrogens (tertiary/aromatic N) is 3. The van der Waals surface area contributed by atoms with Crippen LogP contribution in [0.3, 0.4) is 0 Å². The van der Waals surface area contributed by atoms with E-state index in [0.29, 0.717) is 18.1 Å². The van der Waals surface area contributed by atoms with Crippen LogP contribution in [0.1, 0.15) is 23.7 Å². The number of amides is 1. The Labute approximate surface area is 175 Å². The zero-order valence-corrected chi connectivity index (χ0v) is 17.3. The summed E-state index contributed by atoms with van der Waals surface area (Å²) in [5, 5.41) is 8.55. The van der Waals surface area contributed by atoms with Crippen LogP contribution in [0.2, 0.25) is 0 Å². The van der Waals surface area contributed by atoms with Crippen LogP contribution in [0.5, 0.6) is 5.88 Å². The van der Waals surface area contributed by atoms with Crippen LogP contribution in [-0.2, 0) is 11.3 Å². The molecular formula is C24H24N4O2. The quantitative estimate of drug-likeness (QED) is 0.529. The van der Waals surface area contributed by atoms with Crippen molar-refractivity contribution in [2.24, 2.45) is 0 Å². The van der Waals surface area contributed by atoms with E-state index in [-0.39, 0.29) is 5.91 Å². The first kappa shape index (κ1) is 19.6. The highest BCUT2D eigenvalue weighted by Gasteiger charge is 2.19. The molecule has 0 aliphatic rings. The van der Waals surface area contributed by atoms with Crippen molar-refractivity contribution >= 4 is 16.9 Å². The summed E-state index contributed by atoms with van der Waals surface area (Å²) >= 11 is 0. The SMILES string of the molecule is Cc1cc(OC(C)C(=O)NCc2ccccc2)nc2c1c(C)nn2-c1ccccc1. The molecule has 6 heteroatoms. The standard InChI is InChI=1S/C24H24N4O2/c1-16-14-21(30-18(3)24(29)25-15-19-10-6-4-7-11-19)26-23-22(16)17(2)27-28(23)20-12-8-5-9-13-20/h4-14,18H,15H2,1-3H3,(H,25,29). The molecule has 30 heavy (non-hydrogen) atoms. The Morgan fingerprint density at radius 3 is 2.43 bits per heavy atom. The number of rotatable bonds is 6. The fourth-order valence-corrected chi connectivity index (χ4v) is 3.45. The Hall–Kier alpha value is -3.67. The van der Waals surface area contributed by atoms with Gasteiger partial charge in [0.25, 0.3) is 5.91 Å². The van der Waals surface area contributed by atoms with Gasteiger partial charge < -0.3 is 10.1 Å². The largest absolute Gasteiger partial charge is 0.464 e. The van der Waals surface area contributed by atoms with Gasteiger partial charge in [-0.25, -0.2) is 4.68 Å². The lowest BCUT2D eigenvalue weighted by molar-refractivity contribution is -0.127. The number of carbonyl (C=O) groups excluding carboxylic acids is 1. The third-order valence-corrected chi connectivity index (χ3v) is 4.96. The topological polar surface area (TPSA) is 69.0 Å². The van der Waals surface area contributed by atoms with E-state index in [9.17, 15) is 4.79 Å². The molecule has 4 aromatic rings. The predicted octanol–water partition coefficient (Wildman–Crippen LogP) is 4.12. The first-order valence-corrected chi connectivity index (χ1v) is 9.93. The van der Waals surface area contributed by atoms with Crippen LogP contribution in [-0.4, -0.2) is 26.8 Å². The number of nitrogens with one attached hydrogen (secondary N) is 1. The molecule has 6 nitrogen and oxygen atoms in total. The summed E-state index contributed by atoms with van der Waals surface area (Å²) in [4.78, 5) is 17.2. The number of benzene rings is 2. The van der Waals surface area contributed by atoms with E-state index in [1.165, 1.54) is 0 Å². The molecule has 0 spiro atoms. The smallest absolute Gasteiger partial charge is 0.261 e. The van der Waals surface area contributed by atoms with Crippen molar-refractivity contribution in [1.29, 1.82) is 0 Å². The van der Waals surface area contributed by atoms with Gasteiger partial charge in [-0.2, -0.15) is 10.1 Å². The van der Waals surface area contributed by atoms with Gasteiger partial charge in [-0.1, -0.05) is 48.5 Å². The van der Waals surface area contributed by atoms with Gasteiger partial charge in [0, 0.05) is 18.0 Å². The highest BCUT2D eigenvalue weighted by Crippen LogP contribution is 2.27. The minimum Gasteiger partial charge on any atom is -0.464 e. The molecule has 0 aliphatic heterocycles. The zero-order valence-electron chi connectivity index (χ0n) is 17.3. The third-order valence-electron chi connectivity index (χ3n) is 4.96. The van der Waals surface area contributed by atoms with Gasteiger partial charge in [0.2, 0.25) is 5.88 Å². The molecular weight excluding hydrogens is 376 g/mol. The van der Waals surface area contributed by atoms with Gasteiger partial charge in [-0.05, 0) is 44.0 Å². The molecule has 2 aromatic heterocycles. The van der Waals surface area contributed by atoms with Gasteiger partial charge in [-0.15, -0.1) is 0 Å². The Morgan fingerprint density at radius 2 is 1.73 bits per heavy atom. The number of ether oxygens (including phenoxy) is 1. The van der Waals surface area contributed by atoms with Crippen LogP contribution < -0.4 is 10.1 Å². The van der Waals surface area contributed by atoms with Gasteiger partial charge in [-0.3, -0.25) is 4.79 Å². The molecule has 0 saturated heterocycles. The molecule has 2 heterocycles. The highest BCUT2D eigenvalue weighted by molar-refractivity contribution is 5.84. The molecule has 4 rings (SSSR count). The van der Waals surface area contributed by atoms with Gasteiger partial charge in [0.05, 0.1) is 11.4 Å². The Morgan fingerprint density at radius 1 is 1.07 bits per heavy atom. The van der Waals surface area contributed by atoms with Gasteiger partial charge in [0.1, 0.15) is 0 Å². The molecule has 1 amide bonds. The van der Waals surface area contributed by atoms with E-state index >= 15 is 0 Å². The third kappa shape index (κ3) is 4.03. The lowest BCUT2D eigenvalue weighted by atomic mass is 10.1. The average molecular weight is 400 g/mol. The minimum atomic E-state index is -0.674. The van der Waals surface area contributed by atoms with Gasteiger partial charge in [0.15, 0.2) is 11.8 Å². The van der Waals surface area contributed by atoms with Crippen molar-refractivity contribution in [2.45, 2.75) is 33.4 Å². The summed E-state index contributed by atoms with van der Waals surface area (Å²) in [5.41, 5.74) is 4.58. The fraction of sp³-hybridized carbons (Fsp3) is 0.208. The zero-order chi connectivity index (χ0) is 21.1. The van der Waals surface area contributed by atoms with E-state index in [0.717, 1.165) is 27.9 Å². The van der Waals surface area contributed by atoms with E-state index in [1.54, 1.807) is 6.92 Å². The number of aryl methyl sites for hydroxylation is 2. The maximum absolute atomic E-state index is 12.5. The number of hydrogen-bond donors (Lipinski definition) is 1. The van der Waals surface area contributed by atoms with Crippen LogP contribution in [0.4, 0.5) is 0 Å². The second-order valence-corrected chi connectivity index (χ2v) is 7.27. The van der Waals surface area contributed by atoms with Crippen molar-refractivity contribution in [3.05, 3.63) is 83.6 Å². The first-order chi connectivity index (χ1) is 14.5. The second-order valence-electron chi connectivity index (χ2n) is 7.27. The monoisotopic (exact) mass is 400 g/mol. The maximum atomic E-state index is 12.5. The first-order valence-electron chi connectivity index (χ1n) is 9.93. The van der Waals surface area contributed by atoms with Crippen LogP contribution in [0.15, 0.2) is 66.7 Å². The number of aromatic nitrogens is 3. The lowest BCUT2D eigenvalue weighted by Gasteiger charge is -2.15. The van der Waals surface area contributed by atoms with E-state index < -0.39 is 6.10 Å². The van der Waals surface area contributed by atoms with Crippen molar-refractivity contribution in [3.8, 4) is 11.6 Å². The molecule has 1 unspecified atom stereocenters.